The van der Waals surface area contributed by atoms with Gasteiger partial charge in [-0.25, -0.2) is 4.39 Å². The minimum Gasteiger partial charge on any atom is -0.389 e. The molecule has 0 aliphatic rings. The van der Waals surface area contributed by atoms with Crippen LogP contribution >= 0.6 is 0 Å². The van der Waals surface area contributed by atoms with Crippen molar-refractivity contribution < 1.29 is 19.0 Å². The molecule has 0 spiro atoms. The van der Waals surface area contributed by atoms with Gasteiger partial charge in [0.05, 0.1) is 12.7 Å². The highest BCUT2D eigenvalue weighted by Gasteiger charge is 2.18. The SMILES string of the molecule is COCC(O)CN(C)C(=O)C(F)=C(C)C. The van der Waals surface area contributed by atoms with Crippen molar-refractivity contribution in [2.24, 2.45) is 0 Å². The molecule has 0 aliphatic carbocycles. The molecule has 0 saturated carbocycles. The molecule has 0 rings (SSSR count). The summed E-state index contributed by atoms with van der Waals surface area (Å²) in [5.41, 5.74) is 0.327. The van der Waals surface area contributed by atoms with Gasteiger partial charge in [-0.1, -0.05) is 0 Å². The Morgan fingerprint density at radius 3 is 2.47 bits per heavy atom. The summed E-state index contributed by atoms with van der Waals surface area (Å²) in [5.74, 6) is -1.49. The average Bonchev–Trinajstić information content (AvgIpc) is 2.15. The van der Waals surface area contributed by atoms with Crippen LogP contribution in [0.3, 0.4) is 0 Å². The van der Waals surface area contributed by atoms with Gasteiger partial charge in [0.1, 0.15) is 0 Å². The molecule has 0 bridgehead atoms. The standard InChI is InChI=1S/C10H18FNO3/c1-7(2)9(11)10(14)12(3)5-8(13)6-15-4/h8,13H,5-6H2,1-4H3. The maximum absolute atomic E-state index is 13.2. The van der Waals surface area contributed by atoms with Gasteiger partial charge in [-0.3, -0.25) is 4.79 Å². The lowest BCUT2D eigenvalue weighted by Crippen LogP contribution is -2.36. The summed E-state index contributed by atoms with van der Waals surface area (Å²) in [7, 11) is 2.88. The van der Waals surface area contributed by atoms with Crippen molar-refractivity contribution in [3.05, 3.63) is 11.4 Å². The number of aliphatic hydroxyl groups excluding tert-OH is 1. The molecule has 0 aromatic carbocycles. The van der Waals surface area contributed by atoms with Crippen LogP contribution < -0.4 is 0 Å². The van der Waals surface area contributed by atoms with Crippen molar-refractivity contribution >= 4 is 5.91 Å². The fourth-order valence-corrected chi connectivity index (χ4v) is 1.03. The molecule has 0 heterocycles. The molecule has 0 fully saturated rings. The quantitative estimate of drug-likeness (QED) is 0.693. The van der Waals surface area contributed by atoms with Gasteiger partial charge in [0, 0.05) is 20.7 Å². The van der Waals surface area contributed by atoms with E-state index in [0.29, 0.717) is 5.57 Å². The third kappa shape index (κ3) is 4.90. The summed E-state index contributed by atoms with van der Waals surface area (Å²) in [6.07, 6.45) is -0.797. The maximum atomic E-state index is 13.2. The van der Waals surface area contributed by atoms with E-state index in [9.17, 15) is 14.3 Å². The number of ether oxygens (including phenoxy) is 1. The molecule has 88 valence electrons. The van der Waals surface area contributed by atoms with Crippen LogP contribution in [0.25, 0.3) is 0 Å². The zero-order chi connectivity index (χ0) is 12.0. The minimum atomic E-state index is -0.797. The van der Waals surface area contributed by atoms with Crippen molar-refractivity contribution in [3.8, 4) is 0 Å². The smallest absolute Gasteiger partial charge is 0.282 e. The molecule has 0 aromatic heterocycles. The Morgan fingerprint density at radius 1 is 1.53 bits per heavy atom. The zero-order valence-electron chi connectivity index (χ0n) is 9.58. The summed E-state index contributed by atoms with van der Waals surface area (Å²) in [6.45, 7) is 3.21. The molecule has 0 aromatic rings. The molecule has 0 saturated heterocycles. The van der Waals surface area contributed by atoms with E-state index in [0.717, 1.165) is 4.90 Å². The number of rotatable bonds is 5. The summed E-state index contributed by atoms with van der Waals surface area (Å²) in [6, 6.07) is 0. The van der Waals surface area contributed by atoms with E-state index in [1.54, 1.807) is 0 Å². The Kier molecular flexibility index (Phi) is 6.12. The first-order chi connectivity index (χ1) is 6.90. The molecule has 0 radical (unpaired) electrons. The third-order valence-corrected chi connectivity index (χ3v) is 1.82. The van der Waals surface area contributed by atoms with Gasteiger partial charge in [0.25, 0.3) is 5.91 Å². The number of aliphatic hydroxyl groups is 1. The lowest BCUT2D eigenvalue weighted by atomic mass is 10.2. The molecule has 0 aliphatic heterocycles. The number of halogens is 1. The van der Waals surface area contributed by atoms with Gasteiger partial charge in [0.15, 0.2) is 5.83 Å². The largest absolute Gasteiger partial charge is 0.389 e. The number of carbonyl (C=O) groups is 1. The predicted molar refractivity (Wildman–Crippen MR) is 55.0 cm³/mol. The first-order valence-corrected chi connectivity index (χ1v) is 4.65. The van der Waals surface area contributed by atoms with Crippen LogP contribution in [0, 0.1) is 0 Å². The fraction of sp³-hybridized carbons (Fsp3) is 0.700. The van der Waals surface area contributed by atoms with E-state index in [2.05, 4.69) is 0 Å². The van der Waals surface area contributed by atoms with Crippen LogP contribution in [-0.2, 0) is 9.53 Å². The van der Waals surface area contributed by atoms with Crippen molar-refractivity contribution in [1.82, 2.24) is 4.90 Å². The Hall–Kier alpha value is -0.940. The highest BCUT2D eigenvalue weighted by Crippen LogP contribution is 2.08. The monoisotopic (exact) mass is 219 g/mol. The van der Waals surface area contributed by atoms with Crippen LogP contribution in [0.4, 0.5) is 4.39 Å². The second kappa shape index (κ2) is 6.53. The first-order valence-electron chi connectivity index (χ1n) is 4.65. The van der Waals surface area contributed by atoms with Gasteiger partial charge >= 0.3 is 0 Å². The Balaban J connectivity index is 4.28. The number of amides is 1. The summed E-state index contributed by atoms with van der Waals surface area (Å²) in [5, 5.41) is 9.33. The second-order valence-electron chi connectivity index (χ2n) is 3.61. The molecule has 1 atom stereocenters. The molecule has 5 heteroatoms. The van der Waals surface area contributed by atoms with Crippen LogP contribution in [0.2, 0.25) is 0 Å². The third-order valence-electron chi connectivity index (χ3n) is 1.82. The lowest BCUT2D eigenvalue weighted by Gasteiger charge is -2.19. The number of allylic oxidation sites excluding steroid dienone is 1. The molecule has 1 N–H and O–H groups in total. The van der Waals surface area contributed by atoms with E-state index >= 15 is 0 Å². The Labute approximate surface area is 89.3 Å². The first kappa shape index (κ1) is 14.1. The van der Waals surface area contributed by atoms with Gasteiger partial charge in [-0.05, 0) is 19.4 Å². The Morgan fingerprint density at radius 2 is 2.07 bits per heavy atom. The van der Waals surface area contributed by atoms with E-state index in [4.69, 9.17) is 4.74 Å². The zero-order valence-corrected chi connectivity index (χ0v) is 9.58. The molecule has 1 amide bonds. The number of hydrogen-bond acceptors (Lipinski definition) is 3. The topological polar surface area (TPSA) is 49.8 Å². The Bertz CT molecular complexity index is 249. The van der Waals surface area contributed by atoms with Crippen molar-refractivity contribution in [2.45, 2.75) is 20.0 Å². The van der Waals surface area contributed by atoms with Crippen LogP contribution in [0.5, 0.6) is 0 Å². The molecular weight excluding hydrogens is 201 g/mol. The number of carbonyl (C=O) groups excluding carboxylic acids is 1. The molecular formula is C10H18FNO3. The van der Waals surface area contributed by atoms with Crippen molar-refractivity contribution in [3.63, 3.8) is 0 Å². The van der Waals surface area contributed by atoms with E-state index in [-0.39, 0.29) is 13.2 Å². The van der Waals surface area contributed by atoms with E-state index < -0.39 is 17.8 Å². The summed E-state index contributed by atoms with van der Waals surface area (Å²) in [4.78, 5) is 12.5. The number of likely N-dealkylation sites (N-methyl/N-ethyl adjacent to an activating group) is 1. The van der Waals surface area contributed by atoms with Crippen LogP contribution in [0.1, 0.15) is 13.8 Å². The highest BCUT2D eigenvalue weighted by atomic mass is 19.1. The highest BCUT2D eigenvalue weighted by molar-refractivity contribution is 5.91. The molecule has 4 nitrogen and oxygen atoms in total. The van der Waals surface area contributed by atoms with Crippen molar-refractivity contribution in [2.75, 3.05) is 27.3 Å². The summed E-state index contributed by atoms with van der Waals surface area (Å²) >= 11 is 0. The van der Waals surface area contributed by atoms with Gasteiger partial charge in [0.2, 0.25) is 0 Å². The van der Waals surface area contributed by atoms with Crippen molar-refractivity contribution in [1.29, 1.82) is 0 Å². The van der Waals surface area contributed by atoms with E-state index in [1.807, 2.05) is 0 Å². The van der Waals surface area contributed by atoms with Gasteiger partial charge < -0.3 is 14.7 Å². The number of hydrogen-bond donors (Lipinski definition) is 1. The summed E-state index contributed by atoms with van der Waals surface area (Å²) < 4.78 is 17.9. The molecule has 1 unspecified atom stereocenters. The predicted octanol–water partition coefficient (Wildman–Crippen LogP) is 0.715. The van der Waals surface area contributed by atoms with E-state index in [1.165, 1.54) is 28.0 Å². The fourth-order valence-electron chi connectivity index (χ4n) is 1.03. The minimum absolute atomic E-state index is 0.0490. The van der Waals surface area contributed by atoms with Gasteiger partial charge in [-0.2, -0.15) is 0 Å². The normalized spacial score (nSPS) is 12.1. The number of methoxy groups -OCH3 is 1. The van der Waals surface area contributed by atoms with Crippen LogP contribution in [-0.4, -0.2) is 49.3 Å². The average molecular weight is 219 g/mol. The molecule has 15 heavy (non-hydrogen) atoms. The maximum Gasteiger partial charge on any atom is 0.282 e. The number of nitrogens with zero attached hydrogens (tertiary/aromatic N) is 1. The van der Waals surface area contributed by atoms with Gasteiger partial charge in [-0.15, -0.1) is 0 Å². The van der Waals surface area contributed by atoms with Crippen LogP contribution in [0.15, 0.2) is 11.4 Å². The second-order valence-corrected chi connectivity index (χ2v) is 3.61. The lowest BCUT2D eigenvalue weighted by molar-refractivity contribution is -0.129.